The van der Waals surface area contributed by atoms with Gasteiger partial charge in [0.1, 0.15) is 0 Å². The smallest absolute Gasteiger partial charge is 0.0101 e. The lowest BCUT2D eigenvalue weighted by Crippen LogP contribution is -2.53. The molecule has 0 radical (unpaired) electrons. The minimum Gasteiger partial charge on any atom is -0.294 e. The molecule has 10 aliphatic carbocycles. The van der Waals surface area contributed by atoms with E-state index in [1.165, 1.54) is 193 Å². The van der Waals surface area contributed by atoms with Gasteiger partial charge in [0.2, 0.25) is 0 Å². The van der Waals surface area contributed by atoms with Crippen molar-refractivity contribution in [3.8, 4) is 0 Å². The third-order valence-electron chi connectivity index (χ3n) is 27.2. The van der Waals surface area contributed by atoms with Crippen molar-refractivity contribution in [2.24, 2.45) is 71.0 Å². The molecule has 0 unspecified atom stereocenters. The van der Waals surface area contributed by atoms with Gasteiger partial charge in [-0.15, -0.1) is 0 Å². The van der Waals surface area contributed by atoms with Crippen molar-refractivity contribution in [3.05, 3.63) is 0 Å². The van der Waals surface area contributed by atoms with Gasteiger partial charge in [-0.05, 0) is 321 Å². The van der Waals surface area contributed by atoms with Gasteiger partial charge in [-0.1, -0.05) is 80.1 Å². The maximum Gasteiger partial charge on any atom is 0.0101 e. The fourth-order valence-electron chi connectivity index (χ4n) is 22.0. The van der Waals surface area contributed by atoms with Crippen LogP contribution in [0.15, 0.2) is 0 Å². The van der Waals surface area contributed by atoms with Crippen LogP contribution in [0.25, 0.3) is 0 Å². The van der Waals surface area contributed by atoms with Gasteiger partial charge in [0.15, 0.2) is 0 Å². The molecule has 3 heteroatoms. The molecule has 0 aromatic rings. The Morgan fingerprint density at radius 3 is 0.440 bits per heavy atom. The fraction of sp³-hybridized carbons (Fsp3) is 1.00. The van der Waals surface area contributed by atoms with Gasteiger partial charge in [-0.3, -0.25) is 14.7 Å². The van der Waals surface area contributed by atoms with Gasteiger partial charge >= 0.3 is 0 Å². The minimum atomic E-state index is 0.891. The van der Waals surface area contributed by atoms with Crippen molar-refractivity contribution >= 4 is 0 Å². The lowest BCUT2D eigenvalue weighted by molar-refractivity contribution is -0.0253. The summed E-state index contributed by atoms with van der Waals surface area (Å²) in [6, 6.07) is 8.05. The van der Waals surface area contributed by atoms with Gasteiger partial charge in [0.25, 0.3) is 0 Å². The van der Waals surface area contributed by atoms with E-state index < -0.39 is 0 Å². The molecule has 3 nitrogen and oxygen atoms in total. The molecule has 0 N–H and O–H groups in total. The Bertz CT molecular complexity index is 1290. The number of hydrogen-bond acceptors (Lipinski definition) is 3. The van der Waals surface area contributed by atoms with Gasteiger partial charge in [0, 0.05) is 54.4 Å². The largest absolute Gasteiger partial charge is 0.294 e. The quantitative estimate of drug-likeness (QED) is 0.135. The van der Waals surface area contributed by atoms with Crippen LogP contribution in [0.3, 0.4) is 0 Å². The Morgan fingerprint density at radius 1 is 0.173 bits per heavy atom. The summed E-state index contributed by atoms with van der Waals surface area (Å²) in [7, 11) is 0. The van der Waals surface area contributed by atoms with E-state index in [1.54, 1.807) is 96.3 Å². The molecular formula is C72H129N3. The van der Waals surface area contributed by atoms with E-state index in [4.69, 9.17) is 0 Å². The SMILES string of the molecule is CCC1CCC(N(C2CCC(CC)CC2)C2CCC(C3CC(C4CCC(N(C5CCC(CC)CC5)C5CCC(CC)CC5)CC4)CC(C4CCC(N(C5CCC(CC)CC5)C5CCC(CC)CC5)CC4)C3)CC2)CC1. The molecule has 0 heterocycles. The lowest BCUT2D eigenvalue weighted by atomic mass is 9.58. The highest BCUT2D eigenvalue weighted by atomic mass is 15.2. The Labute approximate surface area is 468 Å². The molecule has 0 aromatic carbocycles. The van der Waals surface area contributed by atoms with Gasteiger partial charge < -0.3 is 0 Å². The monoisotopic (exact) mass is 1040 g/mol. The highest BCUT2D eigenvalue weighted by Crippen LogP contribution is 2.54. The van der Waals surface area contributed by atoms with E-state index in [0.717, 1.165) is 125 Å². The molecule has 0 atom stereocenters. The maximum absolute atomic E-state index is 3.32. The van der Waals surface area contributed by atoms with Crippen LogP contribution < -0.4 is 0 Å². The van der Waals surface area contributed by atoms with Gasteiger partial charge in [0.05, 0.1) is 0 Å². The summed E-state index contributed by atoms with van der Waals surface area (Å²) in [4.78, 5) is 9.96. The molecule has 10 aliphatic rings. The number of rotatable bonds is 18. The van der Waals surface area contributed by atoms with Crippen molar-refractivity contribution in [1.29, 1.82) is 0 Å². The average molecular weight is 1040 g/mol. The summed E-state index contributed by atoms with van der Waals surface area (Å²) in [5.41, 5.74) is 0. The van der Waals surface area contributed by atoms with Crippen LogP contribution >= 0.6 is 0 Å². The standard InChI is InChI=1S/C72H129N3/c1-7-52-13-31-64(32-14-52)73(65-33-15-53(8-2)16-34-65)70-43-25-58(26-44-70)61-49-62(59-27-45-71(46-28-59)74(66-35-17-54(9-3)18-36-66)67-37-19-55(10-4)20-38-67)51-63(50-61)60-29-47-72(48-30-60)75(68-39-21-56(11-5)22-40-68)69-41-23-57(12-6)24-42-69/h52-72H,7-51H2,1-6H3. The van der Waals surface area contributed by atoms with E-state index in [-0.39, 0.29) is 0 Å². The predicted octanol–water partition coefficient (Wildman–Crippen LogP) is 20.4. The molecular weight excluding hydrogens is 907 g/mol. The van der Waals surface area contributed by atoms with Crippen LogP contribution in [0, 0.1) is 71.0 Å². The molecule has 10 fully saturated rings. The molecule has 0 aromatic heterocycles. The van der Waals surface area contributed by atoms with Crippen molar-refractivity contribution in [2.45, 2.75) is 385 Å². The second-order valence-electron chi connectivity index (χ2n) is 30.5. The van der Waals surface area contributed by atoms with Gasteiger partial charge in [-0.25, -0.2) is 0 Å². The highest BCUT2D eigenvalue weighted by Gasteiger charge is 2.47. The van der Waals surface area contributed by atoms with E-state index in [0.29, 0.717) is 0 Å². The van der Waals surface area contributed by atoms with Gasteiger partial charge in [-0.2, -0.15) is 0 Å². The zero-order valence-electron chi connectivity index (χ0n) is 51.3. The summed E-state index contributed by atoms with van der Waals surface area (Å²) in [6.07, 6.45) is 68.4. The molecule has 0 saturated heterocycles. The van der Waals surface area contributed by atoms with Crippen molar-refractivity contribution in [2.75, 3.05) is 0 Å². The third kappa shape index (κ3) is 14.6. The first kappa shape index (κ1) is 58.1. The van der Waals surface area contributed by atoms with E-state index in [1.807, 2.05) is 0 Å². The second kappa shape index (κ2) is 28.7. The molecule has 10 saturated carbocycles. The third-order valence-corrected chi connectivity index (χ3v) is 27.2. The Balaban J connectivity index is 0.826. The molecule has 0 aliphatic heterocycles. The summed E-state index contributed by atoms with van der Waals surface area (Å²) in [5.74, 6) is 12.2. The van der Waals surface area contributed by atoms with Crippen LogP contribution in [0.1, 0.15) is 330 Å². The zero-order chi connectivity index (χ0) is 51.7. The van der Waals surface area contributed by atoms with Crippen molar-refractivity contribution in [3.63, 3.8) is 0 Å². The topological polar surface area (TPSA) is 9.72 Å². The second-order valence-corrected chi connectivity index (χ2v) is 30.5. The Morgan fingerprint density at radius 2 is 0.307 bits per heavy atom. The first-order valence-corrected chi connectivity index (χ1v) is 36.2. The van der Waals surface area contributed by atoms with Crippen molar-refractivity contribution < 1.29 is 0 Å². The Kier molecular flexibility index (Phi) is 22.2. The van der Waals surface area contributed by atoms with E-state index >= 15 is 0 Å². The van der Waals surface area contributed by atoms with Crippen LogP contribution in [-0.2, 0) is 0 Å². The molecule has 10 rings (SSSR count). The van der Waals surface area contributed by atoms with Crippen LogP contribution in [0.2, 0.25) is 0 Å². The van der Waals surface area contributed by atoms with Crippen LogP contribution in [-0.4, -0.2) is 69.1 Å². The minimum absolute atomic E-state index is 0.891. The molecule has 0 bridgehead atoms. The number of hydrogen-bond donors (Lipinski definition) is 0. The fourth-order valence-corrected chi connectivity index (χ4v) is 22.0. The normalized spacial score (nSPS) is 45.0. The Hall–Kier alpha value is -0.120. The van der Waals surface area contributed by atoms with Crippen LogP contribution in [0.4, 0.5) is 0 Å². The van der Waals surface area contributed by atoms with E-state index in [9.17, 15) is 0 Å². The summed E-state index contributed by atoms with van der Waals surface area (Å²) < 4.78 is 0. The molecule has 0 amide bonds. The first-order valence-electron chi connectivity index (χ1n) is 36.2. The summed E-state index contributed by atoms with van der Waals surface area (Å²) in [6.45, 7) is 14.9. The highest BCUT2D eigenvalue weighted by molar-refractivity contribution is 5.00. The molecule has 432 valence electrons. The summed E-state index contributed by atoms with van der Waals surface area (Å²) in [5, 5.41) is 0. The van der Waals surface area contributed by atoms with Crippen molar-refractivity contribution in [1.82, 2.24) is 14.7 Å². The lowest BCUT2D eigenvalue weighted by Gasteiger charge is -2.53. The zero-order valence-corrected chi connectivity index (χ0v) is 51.3. The maximum atomic E-state index is 3.32. The summed E-state index contributed by atoms with van der Waals surface area (Å²) >= 11 is 0. The van der Waals surface area contributed by atoms with E-state index in [2.05, 4.69) is 56.2 Å². The predicted molar refractivity (Wildman–Crippen MR) is 323 cm³/mol. The molecule has 0 spiro atoms. The number of nitrogens with zero attached hydrogens (tertiary/aromatic N) is 3. The first-order chi connectivity index (χ1) is 36.8. The molecule has 75 heavy (non-hydrogen) atoms. The average Bonchev–Trinajstić information content (AvgIpc) is 3.49. The van der Waals surface area contributed by atoms with Crippen LogP contribution in [0.5, 0.6) is 0 Å².